The van der Waals surface area contributed by atoms with E-state index >= 15 is 0 Å². The molecule has 0 rings (SSSR count). The molecule has 0 aromatic rings. The normalized spacial score (nSPS) is 13.2. The summed E-state index contributed by atoms with van der Waals surface area (Å²) >= 11 is 0. The molecule has 0 aliphatic heterocycles. The molecule has 0 aliphatic rings. The van der Waals surface area contributed by atoms with Crippen molar-refractivity contribution < 1.29 is 0 Å². The first-order valence-electron chi connectivity index (χ1n) is 6.75. The van der Waals surface area contributed by atoms with Gasteiger partial charge in [-0.05, 0) is 13.1 Å². The van der Waals surface area contributed by atoms with Crippen LogP contribution in [0.5, 0.6) is 0 Å². The summed E-state index contributed by atoms with van der Waals surface area (Å²) < 4.78 is 2.74. The highest BCUT2D eigenvalue weighted by Crippen LogP contribution is 2.18. The van der Waals surface area contributed by atoms with Gasteiger partial charge in [0.25, 0.3) is 0 Å². The Bertz CT molecular complexity index is 149. The van der Waals surface area contributed by atoms with Crippen molar-refractivity contribution in [3.05, 3.63) is 0 Å². The van der Waals surface area contributed by atoms with E-state index in [1.807, 2.05) is 0 Å². The second kappa shape index (κ2) is 8.53. The van der Waals surface area contributed by atoms with Crippen LogP contribution in [0.15, 0.2) is 0 Å². The van der Waals surface area contributed by atoms with E-state index in [0.29, 0.717) is 0 Å². The summed E-state index contributed by atoms with van der Waals surface area (Å²) in [6.07, 6.45) is 8.66. The standard InChI is InChI=1S/C12H31NSi2/c1-6-7-8-9-10-11-12-15(4,5)13(2)14-3/h6-12,14H2,1-5H3. The lowest BCUT2D eigenvalue weighted by Gasteiger charge is -2.33. The van der Waals surface area contributed by atoms with Crippen LogP contribution >= 0.6 is 0 Å². The molecule has 0 amide bonds. The molecule has 0 saturated carbocycles. The summed E-state index contributed by atoms with van der Waals surface area (Å²) in [6, 6.07) is 1.51. The van der Waals surface area contributed by atoms with Gasteiger partial charge in [-0.1, -0.05) is 65.1 Å². The number of hydrogen-bond acceptors (Lipinski definition) is 1. The lowest BCUT2D eigenvalue weighted by atomic mass is 10.1. The lowest BCUT2D eigenvalue weighted by molar-refractivity contribution is 0.617. The average molecular weight is 246 g/mol. The van der Waals surface area contributed by atoms with E-state index in [9.17, 15) is 0 Å². The van der Waals surface area contributed by atoms with E-state index in [1.54, 1.807) is 0 Å². The van der Waals surface area contributed by atoms with E-state index in [4.69, 9.17) is 0 Å². The maximum atomic E-state index is 2.74. The van der Waals surface area contributed by atoms with Gasteiger partial charge in [-0.25, -0.2) is 0 Å². The Balaban J connectivity index is 3.48. The molecule has 15 heavy (non-hydrogen) atoms. The van der Waals surface area contributed by atoms with Crippen molar-refractivity contribution in [2.24, 2.45) is 0 Å². The molecule has 0 aliphatic carbocycles. The third-order valence-corrected chi connectivity index (χ3v) is 11.8. The Labute approximate surface area is 101 Å². The van der Waals surface area contributed by atoms with Gasteiger partial charge >= 0.3 is 0 Å². The Hall–Kier alpha value is 0.394. The molecule has 0 unspecified atom stereocenters. The van der Waals surface area contributed by atoms with Crippen molar-refractivity contribution in [3.63, 3.8) is 0 Å². The molecule has 0 saturated heterocycles. The number of hydrogen-bond donors (Lipinski definition) is 0. The first-order valence-corrected chi connectivity index (χ1v) is 12.0. The molecule has 0 heterocycles. The summed E-state index contributed by atoms with van der Waals surface area (Å²) in [7, 11) is 1.46. The van der Waals surface area contributed by atoms with Gasteiger partial charge in [0.2, 0.25) is 0 Å². The Morgan fingerprint density at radius 1 is 1.00 bits per heavy atom. The second-order valence-corrected chi connectivity index (χ2v) is 12.4. The topological polar surface area (TPSA) is 3.24 Å². The van der Waals surface area contributed by atoms with Crippen molar-refractivity contribution >= 4 is 17.9 Å². The van der Waals surface area contributed by atoms with Crippen LogP contribution in [0, 0.1) is 0 Å². The van der Waals surface area contributed by atoms with Crippen molar-refractivity contribution in [1.82, 2.24) is 4.23 Å². The van der Waals surface area contributed by atoms with Crippen molar-refractivity contribution in [2.45, 2.75) is 71.1 Å². The third-order valence-electron chi connectivity index (χ3n) is 3.65. The van der Waals surface area contributed by atoms with E-state index in [2.05, 4.69) is 37.8 Å². The number of unbranched alkanes of at least 4 members (excludes halogenated alkanes) is 5. The van der Waals surface area contributed by atoms with Crippen LogP contribution in [0.4, 0.5) is 0 Å². The zero-order valence-electron chi connectivity index (χ0n) is 11.6. The highest BCUT2D eigenvalue weighted by Gasteiger charge is 2.23. The fourth-order valence-corrected chi connectivity index (χ4v) is 7.35. The minimum atomic E-state index is -0.980. The predicted molar refractivity (Wildman–Crippen MR) is 77.8 cm³/mol. The minimum absolute atomic E-state index is 0.0817. The predicted octanol–water partition coefficient (Wildman–Crippen LogP) is 3.62. The van der Waals surface area contributed by atoms with Crippen LogP contribution in [-0.4, -0.2) is 29.2 Å². The molecule has 0 spiro atoms. The monoisotopic (exact) mass is 245 g/mol. The van der Waals surface area contributed by atoms with Gasteiger partial charge < -0.3 is 4.23 Å². The Morgan fingerprint density at radius 2 is 1.53 bits per heavy atom. The molecule has 0 N–H and O–H groups in total. The quantitative estimate of drug-likeness (QED) is 0.443. The van der Waals surface area contributed by atoms with Gasteiger partial charge in [0.05, 0.1) is 9.68 Å². The summed E-state index contributed by atoms with van der Waals surface area (Å²) in [5.41, 5.74) is 0. The molecular weight excluding hydrogens is 214 g/mol. The number of nitrogens with zero attached hydrogens (tertiary/aromatic N) is 1. The minimum Gasteiger partial charge on any atom is -0.353 e. The largest absolute Gasteiger partial charge is 0.353 e. The van der Waals surface area contributed by atoms with E-state index in [1.165, 1.54) is 44.6 Å². The van der Waals surface area contributed by atoms with Crippen LogP contribution in [0.2, 0.25) is 25.7 Å². The van der Waals surface area contributed by atoms with Gasteiger partial charge in [-0.2, -0.15) is 0 Å². The van der Waals surface area contributed by atoms with Gasteiger partial charge in [0.1, 0.15) is 8.24 Å². The average Bonchev–Trinajstić information content (AvgIpc) is 2.22. The summed E-state index contributed by atoms with van der Waals surface area (Å²) in [6.45, 7) is 9.78. The zero-order chi connectivity index (χ0) is 11.7. The maximum absolute atomic E-state index is 2.74. The molecule has 1 nitrogen and oxygen atoms in total. The Kier molecular flexibility index (Phi) is 8.76. The van der Waals surface area contributed by atoms with Crippen LogP contribution in [0.25, 0.3) is 0 Å². The molecule has 3 heteroatoms. The van der Waals surface area contributed by atoms with Gasteiger partial charge in [0, 0.05) is 0 Å². The first kappa shape index (κ1) is 15.4. The summed E-state index contributed by atoms with van der Waals surface area (Å²) in [5.74, 6) is 0. The summed E-state index contributed by atoms with van der Waals surface area (Å²) in [5, 5.41) is 0. The van der Waals surface area contributed by atoms with Crippen LogP contribution in [0.3, 0.4) is 0 Å². The molecule has 0 radical (unpaired) electrons. The molecule has 0 aromatic carbocycles. The van der Waals surface area contributed by atoms with Crippen LogP contribution < -0.4 is 0 Å². The van der Waals surface area contributed by atoms with Gasteiger partial charge in [-0.3, -0.25) is 0 Å². The molecule has 0 atom stereocenters. The maximum Gasteiger partial charge on any atom is 0.114 e. The fraction of sp³-hybridized carbons (Fsp3) is 1.00. The van der Waals surface area contributed by atoms with Crippen LogP contribution in [0.1, 0.15) is 45.4 Å². The van der Waals surface area contributed by atoms with E-state index in [-0.39, 0.29) is 9.68 Å². The van der Waals surface area contributed by atoms with E-state index in [0.717, 1.165) is 0 Å². The summed E-state index contributed by atoms with van der Waals surface area (Å²) in [4.78, 5) is 0. The molecule has 92 valence electrons. The smallest absolute Gasteiger partial charge is 0.114 e. The number of rotatable bonds is 9. The highest BCUT2D eigenvalue weighted by molar-refractivity contribution is 6.79. The van der Waals surface area contributed by atoms with Crippen molar-refractivity contribution in [1.29, 1.82) is 0 Å². The van der Waals surface area contributed by atoms with Crippen molar-refractivity contribution in [3.8, 4) is 0 Å². The van der Waals surface area contributed by atoms with Gasteiger partial charge in [-0.15, -0.1) is 0 Å². The van der Waals surface area contributed by atoms with Crippen LogP contribution in [-0.2, 0) is 0 Å². The fourth-order valence-electron chi connectivity index (χ4n) is 1.96. The molecule has 0 bridgehead atoms. The zero-order valence-corrected chi connectivity index (χ0v) is 14.0. The highest BCUT2D eigenvalue weighted by atomic mass is 28.4. The molecular formula is C12H31NSi2. The first-order chi connectivity index (χ1) is 7.04. The molecule has 0 fully saturated rings. The molecule has 0 aromatic heterocycles. The SMILES string of the molecule is CCCCCCCC[Si](C)(C)N(C)[SiH2]C. The third kappa shape index (κ3) is 7.31. The van der Waals surface area contributed by atoms with Crippen molar-refractivity contribution in [2.75, 3.05) is 7.05 Å². The Morgan fingerprint density at radius 3 is 2.07 bits per heavy atom. The van der Waals surface area contributed by atoms with E-state index < -0.39 is 8.24 Å². The second-order valence-electron chi connectivity index (χ2n) is 5.34. The lowest BCUT2D eigenvalue weighted by Crippen LogP contribution is -2.47. The van der Waals surface area contributed by atoms with Gasteiger partial charge in [0.15, 0.2) is 0 Å².